The maximum Gasteiger partial charge on any atom is 0.407 e. The second-order valence-electron chi connectivity index (χ2n) is 4.32. The molecule has 0 unspecified atom stereocenters. The molecule has 0 aliphatic carbocycles. The molecule has 0 spiro atoms. The highest BCUT2D eigenvalue weighted by atomic mass is 127. The van der Waals surface area contributed by atoms with Crippen LogP contribution in [0.3, 0.4) is 0 Å². The second kappa shape index (κ2) is 7.69. The molecule has 19 heavy (non-hydrogen) atoms. The van der Waals surface area contributed by atoms with E-state index in [9.17, 15) is 4.79 Å². The fourth-order valence-corrected chi connectivity index (χ4v) is 2.83. The Balaban J connectivity index is 3.08. The fourth-order valence-electron chi connectivity index (χ4n) is 2.03. The predicted molar refractivity (Wildman–Crippen MR) is 82.7 cm³/mol. The first kappa shape index (κ1) is 16.2. The summed E-state index contributed by atoms with van der Waals surface area (Å²) in [4.78, 5) is 11.2. The average molecular weight is 377 g/mol. The summed E-state index contributed by atoms with van der Waals surface area (Å²) in [5.41, 5.74) is 6.04. The zero-order chi connectivity index (χ0) is 14.3. The van der Waals surface area contributed by atoms with Crippen LogP contribution in [0.1, 0.15) is 38.2 Å². The van der Waals surface area contributed by atoms with E-state index in [1.807, 2.05) is 24.3 Å². The summed E-state index contributed by atoms with van der Waals surface area (Å²) in [6.07, 6.45) is 2.82. The van der Waals surface area contributed by atoms with Gasteiger partial charge in [0.2, 0.25) is 5.79 Å². The number of carbonyl (C=O) groups is 1. The van der Waals surface area contributed by atoms with Gasteiger partial charge in [0.15, 0.2) is 0 Å². The Bertz CT molecular complexity index is 425. The molecule has 2 N–H and O–H groups in total. The van der Waals surface area contributed by atoms with E-state index in [0.29, 0.717) is 6.42 Å². The molecule has 0 aliphatic rings. The van der Waals surface area contributed by atoms with Crippen molar-refractivity contribution in [3.63, 3.8) is 0 Å². The van der Waals surface area contributed by atoms with Crippen molar-refractivity contribution in [3.8, 4) is 0 Å². The summed E-state index contributed by atoms with van der Waals surface area (Å²) in [5.74, 6) is -1.08. The van der Waals surface area contributed by atoms with Crippen molar-refractivity contribution in [2.75, 3.05) is 7.11 Å². The van der Waals surface area contributed by atoms with E-state index in [1.54, 1.807) is 0 Å². The number of ether oxygens (including phenoxy) is 2. The number of hydrogen-bond acceptors (Lipinski definition) is 3. The number of halogens is 1. The average Bonchev–Trinajstić information content (AvgIpc) is 2.38. The maximum atomic E-state index is 11.2. The Labute approximate surface area is 127 Å². The van der Waals surface area contributed by atoms with E-state index in [2.05, 4.69) is 29.5 Å². The third-order valence-corrected chi connectivity index (χ3v) is 3.93. The first-order valence-electron chi connectivity index (χ1n) is 6.34. The summed E-state index contributed by atoms with van der Waals surface area (Å²) in [6, 6.07) is 7.69. The van der Waals surface area contributed by atoms with Crippen molar-refractivity contribution in [1.82, 2.24) is 0 Å². The molecule has 1 aromatic rings. The molecule has 0 saturated heterocycles. The summed E-state index contributed by atoms with van der Waals surface area (Å²) in [7, 11) is 1.54. The fraction of sp³-hybridized carbons (Fsp3) is 0.500. The van der Waals surface area contributed by atoms with Gasteiger partial charge in [-0.15, -0.1) is 0 Å². The Morgan fingerprint density at radius 3 is 2.58 bits per heavy atom. The van der Waals surface area contributed by atoms with E-state index < -0.39 is 11.9 Å². The lowest BCUT2D eigenvalue weighted by Gasteiger charge is -2.32. The highest BCUT2D eigenvalue weighted by Gasteiger charge is 2.37. The number of nitrogens with two attached hydrogens (primary N) is 1. The van der Waals surface area contributed by atoms with Gasteiger partial charge in [-0.05, 0) is 35.1 Å². The first-order valence-corrected chi connectivity index (χ1v) is 7.42. The van der Waals surface area contributed by atoms with Crippen LogP contribution in [-0.4, -0.2) is 13.2 Å². The Hall–Kier alpha value is -0.820. The van der Waals surface area contributed by atoms with Gasteiger partial charge >= 0.3 is 6.09 Å². The predicted octanol–water partition coefficient (Wildman–Crippen LogP) is 3.77. The summed E-state index contributed by atoms with van der Waals surface area (Å²) >= 11 is 2.20. The van der Waals surface area contributed by atoms with Crippen LogP contribution < -0.4 is 5.73 Å². The lowest BCUT2D eigenvalue weighted by atomic mass is 9.99. The van der Waals surface area contributed by atoms with E-state index in [0.717, 1.165) is 28.4 Å². The van der Waals surface area contributed by atoms with Crippen molar-refractivity contribution in [3.05, 3.63) is 33.4 Å². The van der Waals surface area contributed by atoms with Crippen LogP contribution >= 0.6 is 22.6 Å². The summed E-state index contributed by atoms with van der Waals surface area (Å²) < 4.78 is 11.8. The number of amides is 1. The molecule has 5 heteroatoms. The number of benzene rings is 1. The standard InChI is InChI=1S/C14H20INO3/c1-3-4-7-10-14(18-2,19-13(16)17)11-8-5-6-9-12(11)15/h5-6,8-9H,3-4,7,10H2,1-2H3,(H2,16,17)/t14-/m1/s1. The smallest absolute Gasteiger partial charge is 0.407 e. The number of primary amides is 1. The monoisotopic (exact) mass is 377 g/mol. The molecular weight excluding hydrogens is 357 g/mol. The van der Waals surface area contributed by atoms with Crippen LogP contribution in [0.25, 0.3) is 0 Å². The molecule has 0 heterocycles. The lowest BCUT2D eigenvalue weighted by molar-refractivity contribution is -0.197. The molecule has 0 radical (unpaired) electrons. The van der Waals surface area contributed by atoms with Gasteiger partial charge < -0.3 is 15.2 Å². The quantitative estimate of drug-likeness (QED) is 0.447. The van der Waals surface area contributed by atoms with Crippen molar-refractivity contribution >= 4 is 28.7 Å². The summed E-state index contributed by atoms with van der Waals surface area (Å²) in [5, 5.41) is 0. The van der Waals surface area contributed by atoms with Gasteiger partial charge in [0.25, 0.3) is 0 Å². The van der Waals surface area contributed by atoms with Crippen LogP contribution in [0.5, 0.6) is 0 Å². The van der Waals surface area contributed by atoms with Crippen LogP contribution in [-0.2, 0) is 15.3 Å². The first-order chi connectivity index (χ1) is 9.05. The van der Waals surface area contributed by atoms with Crippen molar-refractivity contribution < 1.29 is 14.3 Å². The highest BCUT2D eigenvalue weighted by Crippen LogP contribution is 2.35. The van der Waals surface area contributed by atoms with Crippen LogP contribution in [0.4, 0.5) is 4.79 Å². The van der Waals surface area contributed by atoms with Gasteiger partial charge in [-0.1, -0.05) is 38.0 Å². The second-order valence-corrected chi connectivity index (χ2v) is 5.48. The Kier molecular flexibility index (Phi) is 6.57. The zero-order valence-corrected chi connectivity index (χ0v) is 13.5. The third-order valence-electron chi connectivity index (χ3n) is 2.99. The topological polar surface area (TPSA) is 61.6 Å². The van der Waals surface area contributed by atoms with Crippen molar-refractivity contribution in [1.29, 1.82) is 0 Å². The van der Waals surface area contributed by atoms with Gasteiger partial charge in [-0.25, -0.2) is 4.79 Å². The van der Waals surface area contributed by atoms with Gasteiger partial charge in [-0.3, -0.25) is 0 Å². The summed E-state index contributed by atoms with van der Waals surface area (Å²) in [6.45, 7) is 2.12. The largest absolute Gasteiger partial charge is 0.413 e. The zero-order valence-electron chi connectivity index (χ0n) is 11.3. The van der Waals surface area contributed by atoms with E-state index in [1.165, 1.54) is 7.11 Å². The van der Waals surface area contributed by atoms with E-state index in [-0.39, 0.29) is 0 Å². The van der Waals surface area contributed by atoms with Crippen LogP contribution in [0, 0.1) is 3.57 Å². The van der Waals surface area contributed by atoms with Gasteiger partial charge in [0, 0.05) is 22.7 Å². The van der Waals surface area contributed by atoms with Gasteiger partial charge in [-0.2, -0.15) is 0 Å². The van der Waals surface area contributed by atoms with Crippen molar-refractivity contribution in [2.45, 2.75) is 38.4 Å². The number of unbranched alkanes of at least 4 members (excludes halogenated alkanes) is 2. The normalized spacial score (nSPS) is 13.8. The minimum atomic E-state index is -1.08. The molecule has 0 fully saturated rings. The molecule has 0 saturated carbocycles. The number of carbonyl (C=O) groups excluding carboxylic acids is 1. The molecule has 0 aliphatic heterocycles. The molecule has 4 nitrogen and oxygen atoms in total. The maximum absolute atomic E-state index is 11.2. The molecule has 0 aromatic heterocycles. The number of methoxy groups -OCH3 is 1. The van der Waals surface area contributed by atoms with Gasteiger partial charge in [0.05, 0.1) is 0 Å². The Morgan fingerprint density at radius 1 is 1.37 bits per heavy atom. The molecule has 1 rings (SSSR count). The Morgan fingerprint density at radius 2 is 2.05 bits per heavy atom. The highest BCUT2D eigenvalue weighted by molar-refractivity contribution is 14.1. The molecule has 1 amide bonds. The molecule has 106 valence electrons. The van der Waals surface area contributed by atoms with E-state index >= 15 is 0 Å². The number of rotatable bonds is 7. The van der Waals surface area contributed by atoms with Crippen LogP contribution in [0.15, 0.2) is 24.3 Å². The lowest BCUT2D eigenvalue weighted by Crippen LogP contribution is -2.37. The number of hydrogen-bond donors (Lipinski definition) is 1. The SMILES string of the molecule is CCCCC[C@@](OC)(OC(N)=O)c1ccccc1I. The molecule has 0 bridgehead atoms. The third kappa shape index (κ3) is 4.35. The van der Waals surface area contributed by atoms with Gasteiger partial charge in [0.1, 0.15) is 0 Å². The molecular formula is C14H20INO3. The minimum absolute atomic E-state index is 0.598. The minimum Gasteiger partial charge on any atom is -0.413 e. The molecule has 1 aromatic carbocycles. The molecule has 1 atom stereocenters. The van der Waals surface area contributed by atoms with Crippen LogP contribution in [0.2, 0.25) is 0 Å². The van der Waals surface area contributed by atoms with E-state index in [4.69, 9.17) is 15.2 Å². The van der Waals surface area contributed by atoms with Crippen molar-refractivity contribution in [2.24, 2.45) is 5.73 Å².